The molecule has 6 nitrogen and oxygen atoms in total. The van der Waals surface area contributed by atoms with Crippen LogP contribution in [0.5, 0.6) is 0 Å². The normalized spacial score (nSPS) is 10.9. The average Bonchev–Trinajstić information content (AvgIpc) is 2.65. The van der Waals surface area contributed by atoms with Crippen LogP contribution in [-0.2, 0) is 27.1 Å². The van der Waals surface area contributed by atoms with Crippen LogP contribution in [0.3, 0.4) is 0 Å². The predicted molar refractivity (Wildman–Crippen MR) is 96.4 cm³/mol. The fourth-order valence-electron chi connectivity index (χ4n) is 2.15. The topological polar surface area (TPSA) is 87.3 Å². The first kappa shape index (κ1) is 21.2. The zero-order valence-electron chi connectivity index (χ0n) is 14.3. The van der Waals surface area contributed by atoms with E-state index >= 15 is 0 Å². The summed E-state index contributed by atoms with van der Waals surface area (Å²) in [6.45, 7) is -0.573. The van der Waals surface area contributed by atoms with E-state index in [1.165, 1.54) is 6.07 Å². The number of halogens is 4. The van der Waals surface area contributed by atoms with Gasteiger partial charge in [-0.05, 0) is 23.8 Å². The van der Waals surface area contributed by atoms with Crippen LogP contribution in [0.2, 0.25) is 5.02 Å². The lowest BCUT2D eigenvalue weighted by Gasteiger charge is -2.14. The number of carbonyl (C=O) groups is 3. The van der Waals surface area contributed by atoms with Crippen molar-refractivity contribution in [3.05, 3.63) is 64.7 Å². The van der Waals surface area contributed by atoms with E-state index in [0.29, 0.717) is 6.07 Å². The molecule has 0 radical (unpaired) electrons. The number of hydrogen-bond acceptors (Lipinski definition) is 3. The smallest absolute Gasteiger partial charge is 0.344 e. The highest BCUT2D eigenvalue weighted by Crippen LogP contribution is 2.36. The minimum absolute atomic E-state index is 0.110. The van der Waals surface area contributed by atoms with Gasteiger partial charge in [-0.2, -0.15) is 13.2 Å². The number of carbonyl (C=O) groups excluding carboxylic acids is 3. The molecule has 2 rings (SSSR count). The Morgan fingerprint density at radius 1 is 0.929 bits per heavy atom. The maximum Gasteiger partial charge on any atom is 0.418 e. The van der Waals surface area contributed by atoms with Crippen LogP contribution in [-0.4, -0.2) is 24.3 Å². The summed E-state index contributed by atoms with van der Waals surface area (Å²) in [4.78, 5) is 35.2. The van der Waals surface area contributed by atoms with Gasteiger partial charge in [-0.15, -0.1) is 0 Å². The third-order valence-corrected chi connectivity index (χ3v) is 3.71. The molecule has 0 spiro atoms. The van der Waals surface area contributed by atoms with Crippen molar-refractivity contribution >= 4 is 35.0 Å². The van der Waals surface area contributed by atoms with Gasteiger partial charge in [0.2, 0.25) is 5.91 Å². The minimum atomic E-state index is -4.73. The van der Waals surface area contributed by atoms with E-state index in [-0.39, 0.29) is 11.6 Å². The molecule has 3 N–H and O–H groups in total. The number of benzene rings is 2. The summed E-state index contributed by atoms with van der Waals surface area (Å²) in [5, 5.41) is 6.29. The van der Waals surface area contributed by atoms with Gasteiger partial charge in [-0.1, -0.05) is 41.9 Å². The van der Waals surface area contributed by atoms with Gasteiger partial charge in [-0.25, -0.2) is 0 Å². The van der Waals surface area contributed by atoms with Gasteiger partial charge < -0.3 is 16.0 Å². The monoisotopic (exact) mass is 413 g/mol. The third kappa shape index (κ3) is 6.27. The summed E-state index contributed by atoms with van der Waals surface area (Å²) in [6.07, 6.45) is -4.73. The Bertz CT molecular complexity index is 873. The van der Waals surface area contributed by atoms with Crippen molar-refractivity contribution < 1.29 is 27.6 Å². The number of nitrogens with one attached hydrogen (secondary N) is 3. The lowest BCUT2D eigenvalue weighted by atomic mass is 10.1. The average molecular weight is 414 g/mol. The second-order valence-electron chi connectivity index (χ2n) is 5.59. The van der Waals surface area contributed by atoms with E-state index in [1.807, 2.05) is 10.6 Å². The zero-order valence-corrected chi connectivity index (χ0v) is 15.0. The Labute approximate surface area is 163 Å². The van der Waals surface area contributed by atoms with Crippen molar-refractivity contribution in [2.24, 2.45) is 0 Å². The van der Waals surface area contributed by atoms with Crippen molar-refractivity contribution in [2.75, 3.05) is 11.9 Å². The Morgan fingerprint density at radius 3 is 2.21 bits per heavy atom. The maximum absolute atomic E-state index is 13.0. The van der Waals surface area contributed by atoms with Gasteiger partial charge in [0.15, 0.2) is 0 Å². The van der Waals surface area contributed by atoms with E-state index in [0.717, 1.165) is 11.6 Å². The van der Waals surface area contributed by atoms with Crippen molar-refractivity contribution in [1.82, 2.24) is 10.6 Å². The highest BCUT2D eigenvalue weighted by Gasteiger charge is 2.34. The highest BCUT2D eigenvalue weighted by molar-refractivity contribution is 6.35. The van der Waals surface area contributed by atoms with E-state index in [4.69, 9.17) is 11.6 Å². The Hall–Kier alpha value is -3.07. The largest absolute Gasteiger partial charge is 0.418 e. The molecule has 0 aliphatic heterocycles. The van der Waals surface area contributed by atoms with Gasteiger partial charge in [0, 0.05) is 11.6 Å². The van der Waals surface area contributed by atoms with Gasteiger partial charge in [-0.3, -0.25) is 14.4 Å². The molecule has 10 heteroatoms. The first-order valence-electron chi connectivity index (χ1n) is 7.93. The molecule has 0 fully saturated rings. The Kier molecular flexibility index (Phi) is 7.00. The molecule has 0 atom stereocenters. The Morgan fingerprint density at radius 2 is 1.57 bits per heavy atom. The minimum Gasteiger partial charge on any atom is -0.344 e. The van der Waals surface area contributed by atoms with E-state index in [2.05, 4.69) is 5.32 Å². The van der Waals surface area contributed by atoms with Crippen LogP contribution in [0, 0.1) is 0 Å². The molecule has 28 heavy (non-hydrogen) atoms. The summed E-state index contributed by atoms with van der Waals surface area (Å²) in [6, 6.07) is 11.7. The number of alkyl halides is 3. The summed E-state index contributed by atoms with van der Waals surface area (Å²) in [5.41, 5.74) is -0.867. The second kappa shape index (κ2) is 9.23. The maximum atomic E-state index is 13.0. The molecule has 0 aromatic heterocycles. The van der Waals surface area contributed by atoms with E-state index < -0.39 is 41.7 Å². The van der Waals surface area contributed by atoms with Crippen LogP contribution in [0.1, 0.15) is 11.1 Å². The molecule has 2 aromatic rings. The first-order valence-corrected chi connectivity index (χ1v) is 8.31. The second-order valence-corrected chi connectivity index (χ2v) is 6.02. The standard InChI is InChI=1S/C18H15ClF3N3O3/c19-12-6-7-14(13(8-12)18(20,21)22)25-15(26)10-24-17(28)16(27)23-9-11-4-2-1-3-5-11/h1-8H,9-10H2,(H,23,27)(H,24,28)(H,25,26). The molecule has 0 unspecified atom stereocenters. The number of amides is 3. The van der Waals surface area contributed by atoms with Crippen molar-refractivity contribution in [2.45, 2.75) is 12.7 Å². The predicted octanol–water partition coefficient (Wildman–Crippen LogP) is 2.73. The fraction of sp³-hybridized carbons (Fsp3) is 0.167. The first-order chi connectivity index (χ1) is 13.2. The molecular weight excluding hydrogens is 399 g/mol. The molecule has 0 aliphatic rings. The molecule has 2 aromatic carbocycles. The number of anilines is 1. The molecule has 0 saturated heterocycles. The summed E-state index contributed by atoms with van der Waals surface area (Å²) in [5.74, 6) is -2.99. The molecule has 3 amide bonds. The van der Waals surface area contributed by atoms with Crippen LogP contribution in [0.15, 0.2) is 48.5 Å². The third-order valence-electron chi connectivity index (χ3n) is 3.47. The number of rotatable bonds is 5. The summed E-state index contributed by atoms with van der Waals surface area (Å²) >= 11 is 5.56. The van der Waals surface area contributed by atoms with Crippen molar-refractivity contribution in [3.63, 3.8) is 0 Å². The van der Waals surface area contributed by atoms with E-state index in [9.17, 15) is 27.6 Å². The molecule has 0 bridgehead atoms. The lowest BCUT2D eigenvalue weighted by molar-refractivity contribution is -0.139. The zero-order chi connectivity index (χ0) is 20.7. The molecule has 0 heterocycles. The molecule has 0 saturated carbocycles. The number of hydrogen-bond donors (Lipinski definition) is 3. The van der Waals surface area contributed by atoms with Gasteiger partial charge in [0.25, 0.3) is 0 Å². The molecular formula is C18H15ClF3N3O3. The van der Waals surface area contributed by atoms with Crippen LogP contribution in [0.25, 0.3) is 0 Å². The van der Waals surface area contributed by atoms with Crippen molar-refractivity contribution in [3.8, 4) is 0 Å². The molecule has 0 aliphatic carbocycles. The van der Waals surface area contributed by atoms with Gasteiger partial charge in [0.1, 0.15) is 0 Å². The van der Waals surface area contributed by atoms with Crippen LogP contribution < -0.4 is 16.0 Å². The Balaban J connectivity index is 1.87. The quantitative estimate of drug-likeness (QED) is 0.659. The van der Waals surface area contributed by atoms with Crippen molar-refractivity contribution in [1.29, 1.82) is 0 Å². The highest BCUT2D eigenvalue weighted by atomic mass is 35.5. The lowest BCUT2D eigenvalue weighted by Crippen LogP contribution is -2.42. The van der Waals surface area contributed by atoms with Crippen LogP contribution in [0.4, 0.5) is 18.9 Å². The van der Waals surface area contributed by atoms with Gasteiger partial charge in [0.05, 0.1) is 17.8 Å². The summed E-state index contributed by atoms with van der Waals surface area (Å²) in [7, 11) is 0. The fourth-order valence-corrected chi connectivity index (χ4v) is 2.33. The van der Waals surface area contributed by atoms with Gasteiger partial charge >= 0.3 is 18.0 Å². The van der Waals surface area contributed by atoms with E-state index in [1.54, 1.807) is 30.3 Å². The van der Waals surface area contributed by atoms with Crippen LogP contribution >= 0.6 is 11.6 Å². The molecule has 148 valence electrons. The summed E-state index contributed by atoms with van der Waals surface area (Å²) < 4.78 is 39.0. The SMILES string of the molecule is O=C(CNC(=O)C(=O)NCc1ccccc1)Nc1ccc(Cl)cc1C(F)(F)F.